The van der Waals surface area contributed by atoms with Crippen molar-refractivity contribution in [2.24, 2.45) is 11.1 Å². The molecular formula is C29H46N4O6. The molecule has 4 N–H and O–H groups in total. The average Bonchev–Trinajstić information content (AvgIpc) is 3.54. The lowest BCUT2D eigenvalue weighted by Gasteiger charge is -2.35. The highest BCUT2D eigenvalue weighted by Gasteiger charge is 2.43. The van der Waals surface area contributed by atoms with Gasteiger partial charge in [-0.05, 0) is 62.3 Å². The highest BCUT2D eigenvalue weighted by Crippen LogP contribution is 2.45. The van der Waals surface area contributed by atoms with Crippen molar-refractivity contribution in [2.45, 2.75) is 76.9 Å². The van der Waals surface area contributed by atoms with Crippen molar-refractivity contribution >= 4 is 17.7 Å². The van der Waals surface area contributed by atoms with Crippen LogP contribution in [0.2, 0.25) is 0 Å². The van der Waals surface area contributed by atoms with E-state index in [9.17, 15) is 14.4 Å². The minimum atomic E-state index is -0.778. The summed E-state index contributed by atoms with van der Waals surface area (Å²) in [6, 6.07) is 6.90. The number of hydrogen-bond donors (Lipinski definition) is 3. The predicted molar refractivity (Wildman–Crippen MR) is 148 cm³/mol. The number of hydrogen-bond acceptors (Lipinski definition) is 7. The normalized spacial score (nSPS) is 19.0. The summed E-state index contributed by atoms with van der Waals surface area (Å²) < 4.78 is 16.9. The second-order valence-corrected chi connectivity index (χ2v) is 11.5. The van der Waals surface area contributed by atoms with Crippen LogP contribution in [0.15, 0.2) is 24.3 Å². The smallest absolute Gasteiger partial charge is 0.246 e. The molecule has 10 nitrogen and oxygen atoms in total. The number of amides is 3. The molecular weight excluding hydrogens is 500 g/mol. The van der Waals surface area contributed by atoms with Crippen LogP contribution >= 0.6 is 0 Å². The average molecular weight is 547 g/mol. The highest BCUT2D eigenvalue weighted by atomic mass is 16.5. The van der Waals surface area contributed by atoms with Crippen LogP contribution in [0, 0.1) is 5.41 Å². The third-order valence-electron chi connectivity index (χ3n) is 7.43. The van der Waals surface area contributed by atoms with Crippen LogP contribution < -0.4 is 21.1 Å². The molecule has 218 valence electrons. The Balaban J connectivity index is 1.24. The molecule has 3 rings (SSSR count). The summed E-state index contributed by atoms with van der Waals surface area (Å²) in [6.07, 6.45) is 5.05. The van der Waals surface area contributed by atoms with Crippen LogP contribution in [0.5, 0.6) is 5.75 Å². The molecule has 1 aromatic rings. The van der Waals surface area contributed by atoms with Gasteiger partial charge in [0.25, 0.3) is 0 Å². The molecule has 1 aliphatic heterocycles. The summed E-state index contributed by atoms with van der Waals surface area (Å²) in [4.78, 5) is 38.9. The monoisotopic (exact) mass is 546 g/mol. The van der Waals surface area contributed by atoms with Crippen molar-refractivity contribution in [3.8, 4) is 5.75 Å². The number of nitrogens with two attached hydrogens (primary N) is 1. The van der Waals surface area contributed by atoms with Gasteiger partial charge in [0.05, 0.1) is 6.61 Å². The SMILES string of the molecule is CNC1(c2ccc(OCCCOCCCOCC(=O)NC(C(=O)N3CCCC3C(N)=O)C(C)(C)C)cc2)CC1. The standard InChI is InChI=1S/C29H46N4O6/c1-28(2,3)25(27(36)33-15-5-8-23(33)26(30)35)32-24(34)20-38-18-6-16-37-17-7-19-39-22-11-9-21(10-12-22)29(31-4)13-14-29/h9-12,23,25,31H,5-8,13-20H2,1-4H3,(H2,30,35)(H,32,34). The molecule has 39 heavy (non-hydrogen) atoms. The van der Waals surface area contributed by atoms with Gasteiger partial charge < -0.3 is 35.5 Å². The Hall–Kier alpha value is -2.69. The van der Waals surface area contributed by atoms with E-state index in [-0.39, 0.29) is 24.0 Å². The van der Waals surface area contributed by atoms with E-state index in [0.29, 0.717) is 52.2 Å². The van der Waals surface area contributed by atoms with E-state index >= 15 is 0 Å². The lowest BCUT2D eigenvalue weighted by atomic mass is 9.85. The molecule has 0 spiro atoms. The van der Waals surface area contributed by atoms with Crippen molar-refractivity contribution < 1.29 is 28.6 Å². The van der Waals surface area contributed by atoms with E-state index in [0.717, 1.165) is 12.2 Å². The maximum absolute atomic E-state index is 13.1. The number of rotatable bonds is 16. The number of benzene rings is 1. The number of carbonyl (C=O) groups excluding carboxylic acids is 3. The quantitative estimate of drug-likeness (QED) is 0.271. The molecule has 0 aromatic heterocycles. The largest absolute Gasteiger partial charge is 0.494 e. The molecule has 2 unspecified atom stereocenters. The van der Waals surface area contributed by atoms with Crippen LogP contribution in [-0.4, -0.2) is 81.3 Å². The van der Waals surface area contributed by atoms with Crippen molar-refractivity contribution in [1.82, 2.24) is 15.5 Å². The van der Waals surface area contributed by atoms with Gasteiger partial charge in [0.2, 0.25) is 17.7 Å². The van der Waals surface area contributed by atoms with Crippen molar-refractivity contribution in [1.29, 1.82) is 0 Å². The second-order valence-electron chi connectivity index (χ2n) is 11.5. The fourth-order valence-corrected chi connectivity index (χ4v) is 4.90. The van der Waals surface area contributed by atoms with E-state index < -0.39 is 23.4 Å². The molecule has 1 aliphatic carbocycles. The number of nitrogens with one attached hydrogen (secondary N) is 2. The Morgan fingerprint density at radius 3 is 2.28 bits per heavy atom. The molecule has 2 fully saturated rings. The number of ether oxygens (including phenoxy) is 3. The minimum Gasteiger partial charge on any atom is -0.494 e. The topological polar surface area (TPSA) is 132 Å². The Kier molecular flexibility index (Phi) is 11.1. The molecule has 0 radical (unpaired) electrons. The van der Waals surface area contributed by atoms with Crippen molar-refractivity contribution in [3.05, 3.63) is 29.8 Å². The molecule has 3 amide bonds. The summed E-state index contributed by atoms with van der Waals surface area (Å²) in [5.74, 6) is -0.311. The highest BCUT2D eigenvalue weighted by molar-refractivity contribution is 5.92. The zero-order chi connectivity index (χ0) is 28.5. The molecule has 1 saturated carbocycles. The summed E-state index contributed by atoms with van der Waals surface area (Å²) in [6.45, 7) is 7.99. The van der Waals surface area contributed by atoms with Gasteiger partial charge in [0.15, 0.2) is 0 Å². The summed E-state index contributed by atoms with van der Waals surface area (Å²) in [7, 11) is 2.01. The van der Waals surface area contributed by atoms with Gasteiger partial charge in [0.1, 0.15) is 24.4 Å². The van der Waals surface area contributed by atoms with E-state index in [4.69, 9.17) is 19.9 Å². The van der Waals surface area contributed by atoms with Gasteiger partial charge in [-0.2, -0.15) is 0 Å². The second kappa shape index (κ2) is 14.1. The lowest BCUT2D eigenvalue weighted by molar-refractivity contribution is -0.143. The first-order valence-electron chi connectivity index (χ1n) is 14.0. The van der Waals surface area contributed by atoms with Gasteiger partial charge in [0, 0.05) is 38.3 Å². The first-order chi connectivity index (χ1) is 18.6. The van der Waals surface area contributed by atoms with E-state index in [1.165, 1.54) is 23.3 Å². The zero-order valence-corrected chi connectivity index (χ0v) is 23.9. The minimum absolute atomic E-state index is 0.152. The first-order valence-corrected chi connectivity index (χ1v) is 14.0. The van der Waals surface area contributed by atoms with Gasteiger partial charge in [-0.15, -0.1) is 0 Å². The summed E-state index contributed by atoms with van der Waals surface area (Å²) in [5.41, 5.74) is 6.40. The van der Waals surface area contributed by atoms with Crippen molar-refractivity contribution in [3.63, 3.8) is 0 Å². The predicted octanol–water partition coefficient (Wildman–Crippen LogP) is 2.09. The molecule has 10 heteroatoms. The number of likely N-dealkylation sites (tertiary alicyclic amines) is 1. The van der Waals surface area contributed by atoms with Gasteiger partial charge in [-0.1, -0.05) is 32.9 Å². The lowest BCUT2D eigenvalue weighted by Crippen LogP contribution is -2.57. The van der Waals surface area contributed by atoms with Crippen LogP contribution in [0.1, 0.15) is 64.9 Å². The third kappa shape index (κ3) is 8.91. The van der Waals surface area contributed by atoms with E-state index in [2.05, 4.69) is 22.8 Å². The van der Waals surface area contributed by atoms with Crippen LogP contribution in [0.25, 0.3) is 0 Å². The Morgan fingerprint density at radius 1 is 1.05 bits per heavy atom. The van der Waals surface area contributed by atoms with E-state index in [1.807, 2.05) is 40.0 Å². The van der Waals surface area contributed by atoms with Gasteiger partial charge in [-0.25, -0.2) is 0 Å². The number of carbonyl (C=O) groups is 3. The maximum Gasteiger partial charge on any atom is 0.246 e. The Morgan fingerprint density at radius 2 is 1.69 bits per heavy atom. The third-order valence-corrected chi connectivity index (χ3v) is 7.43. The van der Waals surface area contributed by atoms with Crippen LogP contribution in [-0.2, 0) is 29.4 Å². The van der Waals surface area contributed by atoms with Gasteiger partial charge >= 0.3 is 0 Å². The maximum atomic E-state index is 13.1. The molecule has 2 atom stereocenters. The molecule has 1 aromatic carbocycles. The van der Waals surface area contributed by atoms with Crippen molar-refractivity contribution in [2.75, 3.05) is 46.6 Å². The van der Waals surface area contributed by atoms with Crippen LogP contribution in [0.4, 0.5) is 0 Å². The number of nitrogens with zero attached hydrogens (tertiary/aromatic N) is 1. The fraction of sp³-hybridized carbons (Fsp3) is 0.690. The fourth-order valence-electron chi connectivity index (χ4n) is 4.90. The van der Waals surface area contributed by atoms with Gasteiger partial charge in [-0.3, -0.25) is 14.4 Å². The first kappa shape index (κ1) is 30.8. The summed E-state index contributed by atoms with van der Waals surface area (Å²) in [5, 5.41) is 6.19. The van der Waals surface area contributed by atoms with E-state index in [1.54, 1.807) is 0 Å². The molecule has 1 saturated heterocycles. The Labute approximate surface area is 232 Å². The molecule has 0 bridgehead atoms. The zero-order valence-electron chi connectivity index (χ0n) is 23.9. The Bertz CT molecular complexity index is 958. The summed E-state index contributed by atoms with van der Waals surface area (Å²) >= 11 is 0. The number of primary amides is 1. The van der Waals surface area contributed by atoms with Crippen LogP contribution in [0.3, 0.4) is 0 Å². The molecule has 2 aliphatic rings. The molecule has 1 heterocycles.